The number of nitrogens with two attached hydrogens (primary N) is 1. The van der Waals surface area contributed by atoms with Crippen LogP contribution < -0.4 is 11.1 Å². The Morgan fingerprint density at radius 1 is 1.00 bits per heavy atom. The molecule has 0 amide bonds. The number of nitrogens with zero attached hydrogens (tertiary/aromatic N) is 3. The Labute approximate surface area is 134 Å². The van der Waals surface area contributed by atoms with E-state index in [0.717, 1.165) is 23.5 Å². The molecule has 1 unspecified atom stereocenters. The smallest absolute Gasteiger partial charge is 0.246 e. The molecule has 2 aromatic carbocycles. The van der Waals surface area contributed by atoms with Crippen LogP contribution in [0.5, 0.6) is 0 Å². The third kappa shape index (κ3) is 2.41. The average Bonchev–Trinajstić information content (AvgIpc) is 3.01. The standard InChI is InChI=1S/C18H17N5/c19-18(14-8-3-1-4-9-14)13-7-12-16-21-17(22-23(16)18)20-15-10-5-2-6-11-15/h1-11,13H,12,19H2,(H,20,22). The first-order valence-electron chi connectivity index (χ1n) is 7.56. The van der Waals surface area contributed by atoms with Crippen LogP contribution in [0, 0.1) is 0 Å². The Kier molecular flexibility index (Phi) is 3.20. The van der Waals surface area contributed by atoms with Crippen molar-refractivity contribution in [3.8, 4) is 0 Å². The molecule has 5 heteroatoms. The lowest BCUT2D eigenvalue weighted by atomic mass is 9.97. The molecule has 2 heterocycles. The van der Waals surface area contributed by atoms with Crippen molar-refractivity contribution < 1.29 is 0 Å². The number of hydrogen-bond acceptors (Lipinski definition) is 4. The van der Waals surface area contributed by atoms with E-state index >= 15 is 0 Å². The largest absolute Gasteiger partial charge is 0.323 e. The van der Waals surface area contributed by atoms with Crippen LogP contribution in [-0.2, 0) is 12.1 Å². The molecule has 1 aromatic heterocycles. The summed E-state index contributed by atoms with van der Waals surface area (Å²) >= 11 is 0. The molecular weight excluding hydrogens is 286 g/mol. The number of hydrogen-bond donors (Lipinski definition) is 2. The van der Waals surface area contributed by atoms with Crippen molar-refractivity contribution in [3.05, 3.63) is 84.2 Å². The first-order valence-corrected chi connectivity index (χ1v) is 7.56. The Balaban J connectivity index is 1.73. The van der Waals surface area contributed by atoms with Gasteiger partial charge in [0.1, 0.15) is 5.82 Å². The molecule has 0 fully saturated rings. The molecule has 4 rings (SSSR count). The fourth-order valence-electron chi connectivity index (χ4n) is 2.81. The third-order valence-electron chi connectivity index (χ3n) is 3.96. The van der Waals surface area contributed by atoms with Gasteiger partial charge in [0.2, 0.25) is 5.95 Å². The summed E-state index contributed by atoms with van der Waals surface area (Å²) in [5.74, 6) is 1.40. The van der Waals surface area contributed by atoms with Crippen molar-refractivity contribution in [1.29, 1.82) is 0 Å². The zero-order valence-electron chi connectivity index (χ0n) is 12.6. The van der Waals surface area contributed by atoms with E-state index in [1.807, 2.05) is 72.8 Å². The van der Waals surface area contributed by atoms with Gasteiger partial charge in [0.15, 0.2) is 5.66 Å². The van der Waals surface area contributed by atoms with E-state index in [2.05, 4.69) is 15.4 Å². The number of allylic oxidation sites excluding steroid dienone is 1. The van der Waals surface area contributed by atoms with Crippen molar-refractivity contribution >= 4 is 11.6 Å². The van der Waals surface area contributed by atoms with E-state index in [9.17, 15) is 0 Å². The van der Waals surface area contributed by atoms with Gasteiger partial charge in [-0.25, -0.2) is 4.68 Å². The summed E-state index contributed by atoms with van der Waals surface area (Å²) in [6.45, 7) is 0. The third-order valence-corrected chi connectivity index (χ3v) is 3.96. The summed E-state index contributed by atoms with van der Waals surface area (Å²) < 4.78 is 1.80. The quantitative estimate of drug-likeness (QED) is 0.730. The highest BCUT2D eigenvalue weighted by molar-refractivity contribution is 5.52. The zero-order valence-corrected chi connectivity index (χ0v) is 12.6. The van der Waals surface area contributed by atoms with Gasteiger partial charge in [0.05, 0.1) is 0 Å². The zero-order chi connectivity index (χ0) is 15.7. The molecule has 0 spiro atoms. The first kappa shape index (κ1) is 13.7. The summed E-state index contributed by atoms with van der Waals surface area (Å²) in [6.07, 6.45) is 4.74. The SMILES string of the molecule is NC1(c2ccccc2)C=CCc2nc(Nc3ccccc3)nn21. The minimum atomic E-state index is -0.807. The molecule has 0 saturated heterocycles. The molecule has 23 heavy (non-hydrogen) atoms. The lowest BCUT2D eigenvalue weighted by Crippen LogP contribution is -2.45. The lowest BCUT2D eigenvalue weighted by molar-refractivity contribution is 0.393. The Bertz CT molecular complexity index is 838. The van der Waals surface area contributed by atoms with Crippen LogP contribution in [0.1, 0.15) is 11.4 Å². The lowest BCUT2D eigenvalue weighted by Gasteiger charge is -2.30. The van der Waals surface area contributed by atoms with Gasteiger partial charge in [0.25, 0.3) is 0 Å². The molecule has 3 aromatic rings. The van der Waals surface area contributed by atoms with Crippen molar-refractivity contribution in [3.63, 3.8) is 0 Å². The van der Waals surface area contributed by atoms with Crippen molar-refractivity contribution in [2.75, 3.05) is 5.32 Å². The van der Waals surface area contributed by atoms with Gasteiger partial charge >= 0.3 is 0 Å². The highest BCUT2D eigenvalue weighted by Crippen LogP contribution is 2.28. The number of benzene rings is 2. The molecule has 1 atom stereocenters. The van der Waals surface area contributed by atoms with E-state index in [0.29, 0.717) is 5.95 Å². The van der Waals surface area contributed by atoms with E-state index in [1.165, 1.54) is 0 Å². The molecule has 1 aliphatic heterocycles. The summed E-state index contributed by atoms with van der Waals surface area (Å²) in [5.41, 5.74) is 7.77. The molecule has 0 bridgehead atoms. The number of aromatic nitrogens is 3. The van der Waals surface area contributed by atoms with E-state index < -0.39 is 5.66 Å². The van der Waals surface area contributed by atoms with Crippen molar-refractivity contribution in [2.45, 2.75) is 12.1 Å². The van der Waals surface area contributed by atoms with Gasteiger partial charge in [0, 0.05) is 12.1 Å². The van der Waals surface area contributed by atoms with E-state index in [4.69, 9.17) is 5.73 Å². The van der Waals surface area contributed by atoms with Gasteiger partial charge in [-0.2, -0.15) is 4.98 Å². The number of rotatable bonds is 3. The monoisotopic (exact) mass is 303 g/mol. The van der Waals surface area contributed by atoms with Gasteiger partial charge in [-0.05, 0) is 23.8 Å². The Morgan fingerprint density at radius 2 is 1.70 bits per heavy atom. The molecule has 0 saturated carbocycles. The van der Waals surface area contributed by atoms with Crippen molar-refractivity contribution in [1.82, 2.24) is 14.8 Å². The van der Waals surface area contributed by atoms with Crippen LogP contribution in [0.2, 0.25) is 0 Å². The maximum atomic E-state index is 6.64. The molecule has 3 N–H and O–H groups in total. The average molecular weight is 303 g/mol. The maximum absolute atomic E-state index is 6.64. The fourth-order valence-corrected chi connectivity index (χ4v) is 2.81. The van der Waals surface area contributed by atoms with Crippen molar-refractivity contribution in [2.24, 2.45) is 5.73 Å². The summed E-state index contributed by atoms with van der Waals surface area (Å²) in [5, 5.41) is 7.82. The van der Waals surface area contributed by atoms with Gasteiger partial charge in [-0.15, -0.1) is 5.10 Å². The van der Waals surface area contributed by atoms with Crippen LogP contribution in [0.4, 0.5) is 11.6 Å². The van der Waals surface area contributed by atoms with E-state index in [-0.39, 0.29) is 0 Å². The highest BCUT2D eigenvalue weighted by Gasteiger charge is 2.33. The van der Waals surface area contributed by atoms with Gasteiger partial charge in [-0.3, -0.25) is 5.73 Å². The first-order chi connectivity index (χ1) is 11.3. The summed E-state index contributed by atoms with van der Waals surface area (Å²) in [7, 11) is 0. The Hall–Kier alpha value is -2.92. The fraction of sp³-hybridized carbons (Fsp3) is 0.111. The molecule has 0 aliphatic carbocycles. The second kappa shape index (κ2) is 5.37. The molecule has 5 nitrogen and oxygen atoms in total. The maximum Gasteiger partial charge on any atom is 0.246 e. The normalized spacial score (nSPS) is 19.3. The van der Waals surface area contributed by atoms with Crippen LogP contribution in [0.3, 0.4) is 0 Å². The Morgan fingerprint density at radius 3 is 2.43 bits per heavy atom. The minimum absolute atomic E-state index is 0.556. The predicted molar refractivity (Wildman–Crippen MR) is 90.3 cm³/mol. The van der Waals surface area contributed by atoms with Crippen LogP contribution in [-0.4, -0.2) is 14.8 Å². The van der Waals surface area contributed by atoms with Crippen LogP contribution >= 0.6 is 0 Å². The number of nitrogens with one attached hydrogen (secondary N) is 1. The number of fused-ring (bicyclic) bond motifs is 1. The second-order valence-electron chi connectivity index (χ2n) is 5.55. The molecule has 0 radical (unpaired) electrons. The van der Waals surface area contributed by atoms with Gasteiger partial charge < -0.3 is 5.32 Å². The second-order valence-corrected chi connectivity index (χ2v) is 5.55. The minimum Gasteiger partial charge on any atom is -0.323 e. The summed E-state index contributed by atoms with van der Waals surface area (Å²) in [4.78, 5) is 4.58. The molecule has 1 aliphatic rings. The van der Waals surface area contributed by atoms with E-state index in [1.54, 1.807) is 4.68 Å². The summed E-state index contributed by atoms with van der Waals surface area (Å²) in [6, 6.07) is 19.8. The van der Waals surface area contributed by atoms with Gasteiger partial charge in [-0.1, -0.05) is 54.6 Å². The highest BCUT2D eigenvalue weighted by atomic mass is 15.5. The van der Waals surface area contributed by atoms with Crippen LogP contribution in [0.25, 0.3) is 0 Å². The topological polar surface area (TPSA) is 68.8 Å². The van der Waals surface area contributed by atoms with Crippen LogP contribution in [0.15, 0.2) is 72.8 Å². The molecule has 114 valence electrons. The molecular formula is C18H17N5. The number of para-hydroxylation sites is 1. The predicted octanol–water partition coefficient (Wildman–Crippen LogP) is 2.79. The number of anilines is 2.